The first-order chi connectivity index (χ1) is 6.59. The van der Waals surface area contributed by atoms with Crippen molar-refractivity contribution in [3.8, 4) is 0 Å². The normalized spacial score (nSPS) is 42.7. The number of nitrogens with zero attached hydrogens (tertiary/aromatic N) is 1. The number of methoxy groups -OCH3 is 1. The van der Waals surface area contributed by atoms with Crippen molar-refractivity contribution < 1.29 is 14.6 Å². The van der Waals surface area contributed by atoms with Gasteiger partial charge in [-0.1, -0.05) is 0 Å². The van der Waals surface area contributed by atoms with Crippen LogP contribution >= 0.6 is 0 Å². The summed E-state index contributed by atoms with van der Waals surface area (Å²) in [5, 5.41) is 9.19. The summed E-state index contributed by atoms with van der Waals surface area (Å²) in [5.74, 6) is -0.801. The van der Waals surface area contributed by atoms with Crippen LogP contribution < -0.4 is 0 Å². The molecule has 0 aromatic rings. The number of piperidine rings is 1. The lowest BCUT2D eigenvalue weighted by atomic mass is 9.86. The smallest absolute Gasteiger partial charge is 0.336 e. The van der Waals surface area contributed by atoms with Gasteiger partial charge in [-0.2, -0.15) is 0 Å². The molecule has 1 N–H and O–H groups in total. The van der Waals surface area contributed by atoms with Crippen LogP contribution in [0.4, 0.5) is 0 Å². The molecule has 2 fully saturated rings. The van der Waals surface area contributed by atoms with Gasteiger partial charge >= 0.3 is 5.97 Å². The van der Waals surface area contributed by atoms with Crippen LogP contribution in [0.25, 0.3) is 0 Å². The fourth-order valence-electron chi connectivity index (χ4n) is 2.86. The molecule has 14 heavy (non-hydrogen) atoms. The minimum atomic E-state index is -0.918. The molecule has 2 unspecified atom stereocenters. The second-order valence-corrected chi connectivity index (χ2v) is 4.46. The highest BCUT2D eigenvalue weighted by Gasteiger charge is 2.51. The van der Waals surface area contributed by atoms with Gasteiger partial charge in [-0.25, -0.2) is 4.79 Å². The van der Waals surface area contributed by atoms with Crippen molar-refractivity contribution in [2.24, 2.45) is 0 Å². The number of ether oxygens (including phenoxy) is 1. The van der Waals surface area contributed by atoms with Gasteiger partial charge in [-0.15, -0.1) is 0 Å². The van der Waals surface area contributed by atoms with E-state index in [-0.39, 0.29) is 0 Å². The summed E-state index contributed by atoms with van der Waals surface area (Å²) in [6, 6.07) is 0.787. The summed E-state index contributed by atoms with van der Waals surface area (Å²) in [5.41, 5.74) is -0.918. The number of hydrogen-bond acceptors (Lipinski definition) is 3. The Hall–Kier alpha value is -0.610. The Kier molecular flexibility index (Phi) is 2.27. The minimum Gasteiger partial charge on any atom is -0.479 e. The molecule has 0 aromatic carbocycles. The summed E-state index contributed by atoms with van der Waals surface area (Å²) < 4.78 is 5.24. The summed E-state index contributed by atoms with van der Waals surface area (Å²) >= 11 is 0. The van der Waals surface area contributed by atoms with Crippen LogP contribution in [0, 0.1) is 0 Å². The Morgan fingerprint density at radius 1 is 1.43 bits per heavy atom. The molecular formula is C10H17NO3. The summed E-state index contributed by atoms with van der Waals surface area (Å²) in [4.78, 5) is 13.5. The molecule has 2 aliphatic rings. The Bertz CT molecular complexity index is 240. The third-order valence-electron chi connectivity index (χ3n) is 3.90. The Labute approximate surface area is 83.8 Å². The van der Waals surface area contributed by atoms with E-state index in [4.69, 9.17) is 4.74 Å². The Morgan fingerprint density at radius 2 is 1.93 bits per heavy atom. The van der Waals surface area contributed by atoms with E-state index in [9.17, 15) is 9.90 Å². The molecule has 2 heterocycles. The molecule has 0 aromatic heterocycles. The molecule has 4 nitrogen and oxygen atoms in total. The highest BCUT2D eigenvalue weighted by molar-refractivity contribution is 5.78. The van der Waals surface area contributed by atoms with Gasteiger partial charge in [0.25, 0.3) is 0 Å². The predicted molar refractivity (Wildman–Crippen MR) is 51.2 cm³/mol. The van der Waals surface area contributed by atoms with Crippen LogP contribution in [0.3, 0.4) is 0 Å². The predicted octanol–water partition coefficient (Wildman–Crippen LogP) is 0.713. The van der Waals surface area contributed by atoms with Crippen molar-refractivity contribution >= 4 is 5.97 Å². The quantitative estimate of drug-likeness (QED) is 0.711. The molecule has 0 aliphatic carbocycles. The molecule has 0 radical (unpaired) electrons. The van der Waals surface area contributed by atoms with E-state index in [2.05, 4.69) is 11.9 Å². The zero-order valence-corrected chi connectivity index (χ0v) is 8.69. The average Bonchev–Trinajstić information content (AvgIpc) is 2.42. The molecule has 2 aliphatic heterocycles. The zero-order valence-electron chi connectivity index (χ0n) is 8.69. The molecule has 2 saturated heterocycles. The molecule has 0 saturated carbocycles. The monoisotopic (exact) mass is 199 g/mol. The van der Waals surface area contributed by atoms with Crippen molar-refractivity contribution in [1.29, 1.82) is 0 Å². The van der Waals surface area contributed by atoms with Crippen LogP contribution in [0.1, 0.15) is 25.7 Å². The van der Waals surface area contributed by atoms with Crippen molar-refractivity contribution in [2.75, 3.05) is 14.2 Å². The van der Waals surface area contributed by atoms with E-state index in [0.29, 0.717) is 24.9 Å². The number of carbonyl (C=O) groups is 1. The van der Waals surface area contributed by atoms with Crippen LogP contribution in [0.15, 0.2) is 0 Å². The van der Waals surface area contributed by atoms with E-state index in [1.54, 1.807) is 0 Å². The lowest BCUT2D eigenvalue weighted by Gasteiger charge is -2.41. The first kappa shape index (κ1) is 9.93. The second-order valence-electron chi connectivity index (χ2n) is 4.46. The van der Waals surface area contributed by atoms with Crippen molar-refractivity contribution in [3.05, 3.63) is 0 Å². The molecule has 2 rings (SSSR count). The van der Waals surface area contributed by atoms with Crippen molar-refractivity contribution in [1.82, 2.24) is 4.90 Å². The standard InChI is InChI=1S/C10H17NO3/c1-11-7-3-4-8(11)6-10(5-7,14-2)9(12)13/h7-8H,3-6H2,1-2H3,(H,12,13). The highest BCUT2D eigenvalue weighted by Crippen LogP contribution is 2.41. The number of aliphatic carboxylic acids is 1. The van der Waals surface area contributed by atoms with Gasteiger partial charge < -0.3 is 14.7 Å². The van der Waals surface area contributed by atoms with Gasteiger partial charge in [0.05, 0.1) is 0 Å². The van der Waals surface area contributed by atoms with Crippen LogP contribution in [-0.2, 0) is 9.53 Å². The zero-order chi connectivity index (χ0) is 10.3. The fraction of sp³-hybridized carbons (Fsp3) is 0.900. The van der Waals surface area contributed by atoms with Crippen molar-refractivity contribution in [3.63, 3.8) is 0 Å². The third kappa shape index (κ3) is 1.25. The largest absolute Gasteiger partial charge is 0.479 e. The highest BCUT2D eigenvalue weighted by atomic mass is 16.5. The number of fused-ring (bicyclic) bond motifs is 2. The van der Waals surface area contributed by atoms with Crippen molar-refractivity contribution in [2.45, 2.75) is 43.4 Å². The number of carboxylic acid groups (broad SMARTS) is 1. The van der Waals surface area contributed by atoms with Gasteiger partial charge in [-0.05, 0) is 19.9 Å². The molecule has 4 heteroatoms. The molecule has 2 bridgehead atoms. The van der Waals surface area contributed by atoms with E-state index < -0.39 is 11.6 Å². The summed E-state index contributed by atoms with van der Waals surface area (Å²) in [6.07, 6.45) is 3.48. The number of carboxylic acids is 1. The second kappa shape index (κ2) is 3.21. The van der Waals surface area contributed by atoms with E-state index >= 15 is 0 Å². The van der Waals surface area contributed by atoms with Crippen LogP contribution in [0.2, 0.25) is 0 Å². The molecule has 80 valence electrons. The molecule has 0 spiro atoms. The van der Waals surface area contributed by atoms with E-state index in [1.807, 2.05) is 0 Å². The van der Waals surface area contributed by atoms with Crippen LogP contribution in [-0.4, -0.2) is 47.8 Å². The Morgan fingerprint density at radius 3 is 2.29 bits per heavy atom. The van der Waals surface area contributed by atoms with Gasteiger partial charge in [-0.3, -0.25) is 0 Å². The summed E-state index contributed by atoms with van der Waals surface area (Å²) in [7, 11) is 3.60. The summed E-state index contributed by atoms with van der Waals surface area (Å²) in [6.45, 7) is 0. The minimum absolute atomic E-state index is 0.393. The van der Waals surface area contributed by atoms with Gasteiger partial charge in [0.2, 0.25) is 0 Å². The third-order valence-corrected chi connectivity index (χ3v) is 3.90. The SMILES string of the molecule is COC1(C(=O)O)CC2CCC(C1)N2C. The van der Waals surface area contributed by atoms with Crippen LogP contribution in [0.5, 0.6) is 0 Å². The lowest BCUT2D eigenvalue weighted by molar-refractivity contribution is -0.171. The lowest BCUT2D eigenvalue weighted by Crippen LogP contribution is -2.54. The average molecular weight is 199 g/mol. The first-order valence-electron chi connectivity index (χ1n) is 5.09. The van der Waals surface area contributed by atoms with Gasteiger partial charge in [0, 0.05) is 32.0 Å². The maximum Gasteiger partial charge on any atom is 0.336 e. The number of rotatable bonds is 2. The van der Waals surface area contributed by atoms with E-state index in [0.717, 1.165) is 12.8 Å². The maximum atomic E-state index is 11.2. The molecule has 2 atom stereocenters. The first-order valence-corrected chi connectivity index (χ1v) is 5.09. The fourth-order valence-corrected chi connectivity index (χ4v) is 2.86. The molecule has 0 amide bonds. The molecular weight excluding hydrogens is 182 g/mol. The van der Waals surface area contributed by atoms with E-state index in [1.165, 1.54) is 7.11 Å². The Balaban J connectivity index is 2.21. The maximum absolute atomic E-state index is 11.2. The van der Waals surface area contributed by atoms with Gasteiger partial charge in [0.15, 0.2) is 5.60 Å². The van der Waals surface area contributed by atoms with Gasteiger partial charge in [0.1, 0.15) is 0 Å². The topological polar surface area (TPSA) is 49.8 Å². The number of hydrogen-bond donors (Lipinski definition) is 1.